The summed E-state index contributed by atoms with van der Waals surface area (Å²) in [6.07, 6.45) is 1.55. The van der Waals surface area contributed by atoms with Crippen molar-refractivity contribution in [1.29, 1.82) is 0 Å². The van der Waals surface area contributed by atoms with Crippen molar-refractivity contribution in [3.8, 4) is 0 Å². The van der Waals surface area contributed by atoms with Gasteiger partial charge in [0.25, 0.3) is 0 Å². The van der Waals surface area contributed by atoms with E-state index in [2.05, 4.69) is 10.3 Å². The summed E-state index contributed by atoms with van der Waals surface area (Å²) in [5.74, 6) is -0.980. The zero-order valence-corrected chi connectivity index (χ0v) is 9.51. The molecule has 0 aliphatic heterocycles. The van der Waals surface area contributed by atoms with E-state index >= 15 is 0 Å². The number of anilines is 1. The monoisotopic (exact) mass is 237 g/mol. The van der Waals surface area contributed by atoms with Crippen LogP contribution >= 0.6 is 0 Å². The number of rotatable bonds is 5. The molecule has 1 amide bonds. The van der Waals surface area contributed by atoms with Gasteiger partial charge in [-0.05, 0) is 31.0 Å². The molecule has 0 saturated heterocycles. The lowest BCUT2D eigenvalue weighted by atomic mass is 10.1. The minimum atomic E-state index is -0.970. The highest BCUT2D eigenvalue weighted by molar-refractivity contribution is 5.94. The molecule has 92 valence electrons. The molecule has 4 N–H and O–H groups in total. The first-order valence-corrected chi connectivity index (χ1v) is 5.20. The van der Waals surface area contributed by atoms with Crippen molar-refractivity contribution < 1.29 is 14.7 Å². The number of carbonyl (C=O) groups is 2. The van der Waals surface area contributed by atoms with Gasteiger partial charge >= 0.3 is 5.97 Å². The Morgan fingerprint density at radius 2 is 2.29 bits per heavy atom. The number of aromatic nitrogens is 1. The second-order valence-electron chi connectivity index (χ2n) is 3.75. The van der Waals surface area contributed by atoms with E-state index in [9.17, 15) is 9.59 Å². The molecule has 0 saturated carbocycles. The molecule has 0 aliphatic rings. The van der Waals surface area contributed by atoms with Crippen LogP contribution in [0.4, 0.5) is 5.82 Å². The Morgan fingerprint density at radius 3 is 2.88 bits per heavy atom. The smallest absolute Gasteiger partial charge is 0.303 e. The summed E-state index contributed by atoms with van der Waals surface area (Å²) >= 11 is 0. The average molecular weight is 237 g/mol. The molecule has 0 spiro atoms. The van der Waals surface area contributed by atoms with Crippen LogP contribution in [-0.2, 0) is 9.59 Å². The third-order valence-electron chi connectivity index (χ3n) is 2.17. The van der Waals surface area contributed by atoms with E-state index in [1.165, 1.54) is 0 Å². The fourth-order valence-electron chi connectivity index (χ4n) is 1.23. The summed E-state index contributed by atoms with van der Waals surface area (Å²) in [5, 5.41) is 11.0. The van der Waals surface area contributed by atoms with Crippen molar-refractivity contribution in [3.05, 3.63) is 23.9 Å². The van der Waals surface area contributed by atoms with Crippen molar-refractivity contribution in [2.45, 2.75) is 25.8 Å². The number of hydrogen-bond donors (Lipinski definition) is 3. The zero-order valence-electron chi connectivity index (χ0n) is 9.51. The Morgan fingerprint density at radius 1 is 1.59 bits per heavy atom. The van der Waals surface area contributed by atoms with Gasteiger partial charge in [-0.15, -0.1) is 0 Å². The number of pyridine rings is 1. The van der Waals surface area contributed by atoms with E-state index in [0.29, 0.717) is 5.82 Å². The first kappa shape index (κ1) is 13.1. The Labute approximate surface area is 98.8 Å². The molecule has 1 unspecified atom stereocenters. The van der Waals surface area contributed by atoms with Crippen molar-refractivity contribution in [1.82, 2.24) is 4.98 Å². The maximum Gasteiger partial charge on any atom is 0.303 e. The van der Waals surface area contributed by atoms with Crippen LogP contribution in [0.25, 0.3) is 0 Å². The normalized spacial score (nSPS) is 11.9. The van der Waals surface area contributed by atoms with Gasteiger partial charge in [-0.25, -0.2) is 4.98 Å². The molecule has 0 bridgehead atoms. The van der Waals surface area contributed by atoms with Gasteiger partial charge in [0.15, 0.2) is 0 Å². The lowest BCUT2D eigenvalue weighted by Gasteiger charge is -2.10. The van der Waals surface area contributed by atoms with Crippen LogP contribution < -0.4 is 11.1 Å². The van der Waals surface area contributed by atoms with Crippen LogP contribution in [0.3, 0.4) is 0 Å². The van der Waals surface area contributed by atoms with Gasteiger partial charge in [-0.3, -0.25) is 9.59 Å². The number of carboxylic acids is 1. The van der Waals surface area contributed by atoms with E-state index in [4.69, 9.17) is 10.8 Å². The number of hydrogen-bond acceptors (Lipinski definition) is 4. The second-order valence-corrected chi connectivity index (χ2v) is 3.75. The van der Waals surface area contributed by atoms with E-state index in [1.54, 1.807) is 18.3 Å². The summed E-state index contributed by atoms with van der Waals surface area (Å²) in [6.45, 7) is 1.88. The predicted octanol–water partition coefficient (Wildman–Crippen LogP) is 0.521. The molecule has 0 radical (unpaired) electrons. The molecule has 17 heavy (non-hydrogen) atoms. The molecule has 6 heteroatoms. The summed E-state index contributed by atoms with van der Waals surface area (Å²) < 4.78 is 0. The summed E-state index contributed by atoms with van der Waals surface area (Å²) in [5.41, 5.74) is 6.52. The number of nitrogens with one attached hydrogen (secondary N) is 1. The summed E-state index contributed by atoms with van der Waals surface area (Å²) in [4.78, 5) is 25.9. The number of amides is 1. The van der Waals surface area contributed by atoms with Crippen LogP contribution in [0.15, 0.2) is 18.3 Å². The van der Waals surface area contributed by atoms with E-state index in [-0.39, 0.29) is 12.8 Å². The largest absolute Gasteiger partial charge is 0.481 e. The molecular weight excluding hydrogens is 222 g/mol. The maximum atomic E-state index is 11.6. The fraction of sp³-hybridized carbons (Fsp3) is 0.364. The lowest BCUT2D eigenvalue weighted by molar-refractivity contribution is -0.137. The fourth-order valence-corrected chi connectivity index (χ4v) is 1.23. The Kier molecular flexibility index (Phi) is 4.59. The van der Waals surface area contributed by atoms with E-state index in [0.717, 1.165) is 5.56 Å². The van der Waals surface area contributed by atoms with Crippen LogP contribution in [0, 0.1) is 6.92 Å². The molecule has 1 atom stereocenters. The Balaban J connectivity index is 2.51. The number of carbonyl (C=O) groups excluding carboxylic acids is 1. The van der Waals surface area contributed by atoms with Gasteiger partial charge < -0.3 is 16.2 Å². The third-order valence-corrected chi connectivity index (χ3v) is 2.17. The SMILES string of the molecule is Cc1ccnc(NC(=O)C(N)CCC(=O)O)c1. The maximum absolute atomic E-state index is 11.6. The first-order chi connectivity index (χ1) is 7.99. The van der Waals surface area contributed by atoms with Crippen molar-refractivity contribution in [2.75, 3.05) is 5.32 Å². The summed E-state index contributed by atoms with van der Waals surface area (Å²) in [7, 11) is 0. The number of aryl methyl sites for hydroxylation is 1. The molecule has 0 aromatic carbocycles. The Hall–Kier alpha value is -1.95. The quantitative estimate of drug-likeness (QED) is 0.692. The molecule has 1 rings (SSSR count). The molecule has 0 fully saturated rings. The van der Waals surface area contributed by atoms with Gasteiger partial charge in [0.05, 0.1) is 6.04 Å². The lowest BCUT2D eigenvalue weighted by Crippen LogP contribution is -2.36. The minimum absolute atomic E-state index is 0.104. The summed E-state index contributed by atoms with van der Waals surface area (Å²) in [6, 6.07) is 2.68. The van der Waals surface area contributed by atoms with Gasteiger partial charge in [0, 0.05) is 12.6 Å². The molecule has 1 heterocycles. The van der Waals surface area contributed by atoms with Gasteiger partial charge in [0.1, 0.15) is 5.82 Å². The molecule has 0 aliphatic carbocycles. The first-order valence-electron chi connectivity index (χ1n) is 5.20. The highest BCUT2D eigenvalue weighted by atomic mass is 16.4. The standard InChI is InChI=1S/C11H15N3O3/c1-7-4-5-13-9(6-7)14-11(17)8(12)2-3-10(15)16/h4-6,8H,2-3,12H2,1H3,(H,15,16)(H,13,14,17). The molecule has 1 aromatic rings. The third kappa shape index (κ3) is 4.60. The number of aliphatic carboxylic acids is 1. The number of carboxylic acid groups (broad SMARTS) is 1. The van der Waals surface area contributed by atoms with Crippen molar-refractivity contribution in [2.24, 2.45) is 5.73 Å². The number of nitrogens with zero attached hydrogens (tertiary/aromatic N) is 1. The Bertz CT molecular complexity index is 420. The van der Waals surface area contributed by atoms with E-state index < -0.39 is 17.9 Å². The van der Waals surface area contributed by atoms with Crippen molar-refractivity contribution in [3.63, 3.8) is 0 Å². The molecule has 6 nitrogen and oxygen atoms in total. The van der Waals surface area contributed by atoms with Crippen LogP contribution in [0.2, 0.25) is 0 Å². The van der Waals surface area contributed by atoms with Crippen LogP contribution in [-0.4, -0.2) is 28.0 Å². The topological polar surface area (TPSA) is 105 Å². The van der Waals surface area contributed by atoms with Gasteiger partial charge in [-0.1, -0.05) is 0 Å². The highest BCUT2D eigenvalue weighted by Crippen LogP contribution is 2.06. The van der Waals surface area contributed by atoms with Gasteiger partial charge in [0.2, 0.25) is 5.91 Å². The van der Waals surface area contributed by atoms with Gasteiger partial charge in [-0.2, -0.15) is 0 Å². The minimum Gasteiger partial charge on any atom is -0.481 e. The number of nitrogens with two attached hydrogens (primary N) is 1. The predicted molar refractivity (Wildman–Crippen MR) is 62.4 cm³/mol. The second kappa shape index (κ2) is 5.95. The zero-order chi connectivity index (χ0) is 12.8. The average Bonchev–Trinajstić information content (AvgIpc) is 2.25. The molecule has 1 aromatic heterocycles. The van der Waals surface area contributed by atoms with Crippen LogP contribution in [0.1, 0.15) is 18.4 Å². The molecular formula is C11H15N3O3. The van der Waals surface area contributed by atoms with Crippen molar-refractivity contribution >= 4 is 17.7 Å². The highest BCUT2D eigenvalue weighted by Gasteiger charge is 2.15. The van der Waals surface area contributed by atoms with E-state index in [1.807, 2.05) is 6.92 Å². The van der Waals surface area contributed by atoms with Crippen LogP contribution in [0.5, 0.6) is 0 Å².